The average molecular weight is 300 g/mol. The Labute approximate surface area is 119 Å². The van der Waals surface area contributed by atoms with Crippen LogP contribution in [0.4, 0.5) is 5.82 Å². The zero-order valence-corrected chi connectivity index (χ0v) is 12.6. The van der Waals surface area contributed by atoms with Crippen LogP contribution in [0.15, 0.2) is 12.1 Å². The van der Waals surface area contributed by atoms with E-state index < -0.39 is 10.0 Å². The molecule has 0 aliphatic rings. The summed E-state index contributed by atoms with van der Waals surface area (Å²) in [5.74, 6) is -0.126. The van der Waals surface area contributed by atoms with Crippen molar-refractivity contribution < 1.29 is 13.2 Å². The zero-order valence-electron chi connectivity index (χ0n) is 11.8. The topological polar surface area (TPSA) is 114 Å². The van der Waals surface area contributed by atoms with Crippen molar-refractivity contribution in [2.75, 3.05) is 25.1 Å². The molecule has 1 aromatic rings. The van der Waals surface area contributed by atoms with Crippen molar-refractivity contribution in [3.63, 3.8) is 0 Å². The van der Waals surface area contributed by atoms with Crippen LogP contribution in [0.2, 0.25) is 0 Å². The number of carbonyl (C=O) groups is 1. The van der Waals surface area contributed by atoms with Gasteiger partial charge in [0.1, 0.15) is 5.82 Å². The van der Waals surface area contributed by atoms with Crippen LogP contribution in [0.3, 0.4) is 0 Å². The minimum atomic E-state index is -3.33. The number of anilines is 1. The fourth-order valence-electron chi connectivity index (χ4n) is 1.50. The molecule has 1 heterocycles. The second kappa shape index (κ2) is 6.67. The van der Waals surface area contributed by atoms with Gasteiger partial charge in [0.2, 0.25) is 10.0 Å². The largest absolute Gasteiger partial charge is 0.384 e. The molecule has 0 bridgehead atoms. The van der Waals surface area contributed by atoms with E-state index in [0.29, 0.717) is 5.56 Å². The van der Waals surface area contributed by atoms with E-state index >= 15 is 0 Å². The van der Waals surface area contributed by atoms with Gasteiger partial charge in [-0.25, -0.2) is 18.1 Å². The second-order valence-corrected chi connectivity index (χ2v) is 6.69. The van der Waals surface area contributed by atoms with Crippen LogP contribution in [0.5, 0.6) is 0 Å². The highest BCUT2D eigenvalue weighted by molar-refractivity contribution is 7.89. The molecule has 0 atom stereocenters. The fraction of sp³-hybridized carbons (Fsp3) is 0.500. The minimum Gasteiger partial charge on any atom is -0.384 e. The van der Waals surface area contributed by atoms with Crippen molar-refractivity contribution in [1.29, 1.82) is 0 Å². The van der Waals surface area contributed by atoms with Gasteiger partial charge in [-0.2, -0.15) is 0 Å². The Morgan fingerprint density at radius 2 is 2.05 bits per heavy atom. The first-order chi connectivity index (χ1) is 9.25. The normalized spacial score (nSPS) is 11.6. The average Bonchev–Trinajstić information content (AvgIpc) is 2.37. The van der Waals surface area contributed by atoms with E-state index in [1.54, 1.807) is 6.07 Å². The van der Waals surface area contributed by atoms with Crippen molar-refractivity contribution in [2.45, 2.75) is 19.8 Å². The molecule has 1 rings (SSSR count). The molecule has 0 aliphatic carbocycles. The number of amides is 1. The SMILES string of the molecule is CNS(=O)(=O)CCNC(=O)c1cc(N)nc(C(C)C)c1. The van der Waals surface area contributed by atoms with Crippen LogP contribution in [0.25, 0.3) is 0 Å². The van der Waals surface area contributed by atoms with Gasteiger partial charge >= 0.3 is 0 Å². The van der Waals surface area contributed by atoms with E-state index in [1.807, 2.05) is 13.8 Å². The lowest BCUT2D eigenvalue weighted by atomic mass is 10.1. The molecule has 1 amide bonds. The number of nitrogens with two attached hydrogens (primary N) is 1. The first kappa shape index (κ1) is 16.4. The number of aromatic nitrogens is 1. The quantitative estimate of drug-likeness (QED) is 0.687. The Balaban J connectivity index is 2.73. The molecule has 0 spiro atoms. The lowest BCUT2D eigenvalue weighted by molar-refractivity contribution is 0.0956. The van der Waals surface area contributed by atoms with Crippen LogP contribution in [-0.4, -0.2) is 38.7 Å². The number of nitrogens with zero attached hydrogens (tertiary/aromatic N) is 1. The Kier molecular flexibility index (Phi) is 5.46. The third-order valence-electron chi connectivity index (χ3n) is 2.69. The molecule has 112 valence electrons. The van der Waals surface area contributed by atoms with E-state index in [1.165, 1.54) is 13.1 Å². The second-order valence-electron chi connectivity index (χ2n) is 4.64. The highest BCUT2D eigenvalue weighted by Crippen LogP contribution is 2.15. The van der Waals surface area contributed by atoms with E-state index in [4.69, 9.17) is 5.73 Å². The summed E-state index contributed by atoms with van der Waals surface area (Å²) in [7, 11) is -2.00. The van der Waals surface area contributed by atoms with Crippen LogP contribution < -0.4 is 15.8 Å². The van der Waals surface area contributed by atoms with Crippen LogP contribution >= 0.6 is 0 Å². The van der Waals surface area contributed by atoms with Gasteiger partial charge in [0.15, 0.2) is 0 Å². The highest BCUT2D eigenvalue weighted by atomic mass is 32.2. The monoisotopic (exact) mass is 300 g/mol. The van der Waals surface area contributed by atoms with E-state index in [-0.39, 0.29) is 29.9 Å². The molecular formula is C12H20N4O3S. The number of hydrogen-bond donors (Lipinski definition) is 3. The summed E-state index contributed by atoms with van der Waals surface area (Å²) in [4.78, 5) is 16.1. The first-order valence-electron chi connectivity index (χ1n) is 6.22. The molecule has 8 heteroatoms. The standard InChI is InChI=1S/C12H20N4O3S/c1-8(2)10-6-9(7-11(13)16-10)12(17)15-4-5-20(18,19)14-3/h6-8,14H,4-5H2,1-3H3,(H2,13,16)(H,15,17). The number of nitrogen functional groups attached to an aromatic ring is 1. The Morgan fingerprint density at radius 3 is 2.60 bits per heavy atom. The maximum atomic E-state index is 11.9. The van der Waals surface area contributed by atoms with Gasteiger partial charge in [-0.05, 0) is 25.1 Å². The smallest absolute Gasteiger partial charge is 0.251 e. The number of pyridine rings is 1. The van der Waals surface area contributed by atoms with Crippen LogP contribution in [0.1, 0.15) is 35.8 Å². The van der Waals surface area contributed by atoms with E-state index in [0.717, 1.165) is 5.69 Å². The van der Waals surface area contributed by atoms with Gasteiger partial charge in [-0.15, -0.1) is 0 Å². The number of rotatable bonds is 6. The number of carbonyl (C=O) groups excluding carboxylic acids is 1. The third kappa shape index (κ3) is 4.78. The van der Waals surface area contributed by atoms with Gasteiger partial charge in [-0.1, -0.05) is 13.8 Å². The van der Waals surface area contributed by atoms with Gasteiger partial charge in [0.25, 0.3) is 5.91 Å². The first-order valence-corrected chi connectivity index (χ1v) is 7.87. The maximum Gasteiger partial charge on any atom is 0.251 e. The Bertz CT molecular complexity index is 584. The summed E-state index contributed by atoms with van der Waals surface area (Å²) < 4.78 is 24.6. The van der Waals surface area contributed by atoms with Crippen LogP contribution in [0, 0.1) is 0 Å². The Hall–Kier alpha value is -1.67. The van der Waals surface area contributed by atoms with Crippen molar-refractivity contribution in [3.05, 3.63) is 23.4 Å². The van der Waals surface area contributed by atoms with Gasteiger partial charge < -0.3 is 11.1 Å². The molecule has 4 N–H and O–H groups in total. The molecule has 1 aromatic heterocycles. The van der Waals surface area contributed by atoms with Gasteiger partial charge in [0.05, 0.1) is 5.75 Å². The molecule has 0 saturated carbocycles. The molecule has 0 fully saturated rings. The molecule has 20 heavy (non-hydrogen) atoms. The number of sulfonamides is 1. The summed E-state index contributed by atoms with van der Waals surface area (Å²) in [6.07, 6.45) is 0. The molecule has 0 saturated heterocycles. The van der Waals surface area contributed by atoms with E-state index in [9.17, 15) is 13.2 Å². The summed E-state index contributed by atoms with van der Waals surface area (Å²) >= 11 is 0. The van der Waals surface area contributed by atoms with Crippen molar-refractivity contribution in [1.82, 2.24) is 15.0 Å². The lowest BCUT2D eigenvalue weighted by Crippen LogP contribution is -2.33. The molecular weight excluding hydrogens is 280 g/mol. The van der Waals surface area contributed by atoms with Crippen LogP contribution in [-0.2, 0) is 10.0 Å². The lowest BCUT2D eigenvalue weighted by Gasteiger charge is -2.10. The maximum absolute atomic E-state index is 11.9. The van der Waals surface area contributed by atoms with Crippen molar-refractivity contribution >= 4 is 21.7 Å². The zero-order chi connectivity index (χ0) is 15.3. The predicted molar refractivity (Wildman–Crippen MR) is 77.9 cm³/mol. The summed E-state index contributed by atoms with van der Waals surface area (Å²) in [6.45, 7) is 3.92. The summed E-state index contributed by atoms with van der Waals surface area (Å²) in [5.41, 5.74) is 6.76. The van der Waals surface area contributed by atoms with Gasteiger partial charge in [-0.3, -0.25) is 4.79 Å². The van der Waals surface area contributed by atoms with Crippen molar-refractivity contribution in [3.8, 4) is 0 Å². The molecule has 0 radical (unpaired) electrons. The Morgan fingerprint density at radius 1 is 1.40 bits per heavy atom. The molecule has 0 unspecified atom stereocenters. The third-order valence-corrected chi connectivity index (χ3v) is 4.05. The molecule has 7 nitrogen and oxygen atoms in total. The predicted octanol–water partition coefficient (Wildman–Crippen LogP) is 0.0662. The fourth-order valence-corrected chi connectivity index (χ4v) is 2.08. The van der Waals surface area contributed by atoms with E-state index in [2.05, 4.69) is 15.0 Å². The highest BCUT2D eigenvalue weighted by Gasteiger charge is 2.12. The summed E-state index contributed by atoms with van der Waals surface area (Å²) in [6, 6.07) is 3.12. The summed E-state index contributed by atoms with van der Waals surface area (Å²) in [5, 5.41) is 2.54. The van der Waals surface area contributed by atoms with Gasteiger partial charge in [0, 0.05) is 17.8 Å². The molecule has 0 aliphatic heterocycles. The number of hydrogen-bond acceptors (Lipinski definition) is 5. The van der Waals surface area contributed by atoms with Crippen molar-refractivity contribution in [2.24, 2.45) is 0 Å². The molecule has 0 aromatic carbocycles. The number of nitrogens with one attached hydrogen (secondary N) is 2. The minimum absolute atomic E-state index is 0.0290.